The van der Waals surface area contributed by atoms with Gasteiger partial charge in [-0.3, -0.25) is 0 Å². The number of hydrogen-bond acceptors (Lipinski definition) is 0. The topological polar surface area (TPSA) is 0 Å². The highest BCUT2D eigenvalue weighted by Gasteiger charge is 2.53. The maximum absolute atomic E-state index is 2.49. The second-order valence-electron chi connectivity index (χ2n) is 5.26. The van der Waals surface area contributed by atoms with E-state index in [0.717, 1.165) is 5.92 Å². The molecule has 0 heterocycles. The summed E-state index contributed by atoms with van der Waals surface area (Å²) in [5, 5.41) is 0. The Hall–Kier alpha value is 0. The summed E-state index contributed by atoms with van der Waals surface area (Å²) in [4.78, 5) is 0. The van der Waals surface area contributed by atoms with Gasteiger partial charge in [-0.25, -0.2) is 0 Å². The fraction of sp³-hybridized carbons (Fsp3) is 1.00. The minimum atomic E-state index is 0.649. The van der Waals surface area contributed by atoms with E-state index in [4.69, 9.17) is 0 Å². The minimum Gasteiger partial charge on any atom is -0.0594 e. The van der Waals surface area contributed by atoms with Crippen LogP contribution in [0.5, 0.6) is 0 Å². The van der Waals surface area contributed by atoms with Crippen molar-refractivity contribution in [3.8, 4) is 0 Å². The summed E-state index contributed by atoms with van der Waals surface area (Å²) in [5.41, 5.74) is 1.35. The Bertz CT molecular complexity index is 155. The molecule has 0 heteroatoms. The molecule has 2 fully saturated rings. The Kier molecular flexibility index (Phi) is 1.07. The lowest BCUT2D eigenvalue weighted by molar-refractivity contribution is 0.113. The van der Waals surface area contributed by atoms with Gasteiger partial charge in [0.2, 0.25) is 0 Å². The summed E-state index contributed by atoms with van der Waals surface area (Å²) in [7, 11) is 0. The van der Waals surface area contributed by atoms with Gasteiger partial charge in [0, 0.05) is 0 Å². The number of hydrogen-bond donors (Lipinski definition) is 0. The standard InChI is InChI=1S/C10H18/c1-9(2)6-8-4-5-10(9,3)7-8/h8H,4-7H2,1-3H3. The van der Waals surface area contributed by atoms with Crippen molar-refractivity contribution in [1.82, 2.24) is 0 Å². The third kappa shape index (κ3) is 0.627. The van der Waals surface area contributed by atoms with Crippen molar-refractivity contribution in [3.05, 3.63) is 0 Å². The van der Waals surface area contributed by atoms with Crippen LogP contribution in [0.25, 0.3) is 0 Å². The first-order valence-corrected chi connectivity index (χ1v) is 4.54. The summed E-state index contributed by atoms with van der Waals surface area (Å²) in [5.74, 6) is 1.08. The molecule has 0 aromatic carbocycles. The zero-order valence-electron chi connectivity index (χ0n) is 7.41. The highest BCUT2D eigenvalue weighted by molar-refractivity contribution is 5.03. The molecule has 0 spiro atoms. The maximum Gasteiger partial charge on any atom is -0.0272 e. The van der Waals surface area contributed by atoms with Crippen molar-refractivity contribution in [2.24, 2.45) is 16.7 Å². The molecule has 2 bridgehead atoms. The van der Waals surface area contributed by atoms with E-state index in [1.54, 1.807) is 0 Å². The Balaban J connectivity index is 2.31. The molecule has 0 aliphatic heterocycles. The zero-order chi connectivity index (χ0) is 7.41. The highest BCUT2D eigenvalue weighted by atomic mass is 14.6. The molecule has 2 aliphatic carbocycles. The zero-order valence-corrected chi connectivity index (χ0v) is 7.41. The van der Waals surface area contributed by atoms with Crippen molar-refractivity contribution in [1.29, 1.82) is 0 Å². The average molecular weight is 138 g/mol. The third-order valence-corrected chi connectivity index (χ3v) is 4.28. The van der Waals surface area contributed by atoms with Crippen molar-refractivity contribution in [2.75, 3.05) is 0 Å². The van der Waals surface area contributed by atoms with E-state index >= 15 is 0 Å². The molecule has 0 aromatic heterocycles. The normalized spacial score (nSPS) is 50.1. The molecule has 2 aliphatic rings. The molecular formula is C10H18. The lowest BCUT2D eigenvalue weighted by Gasteiger charge is -2.39. The Labute approximate surface area is 64.0 Å². The van der Waals surface area contributed by atoms with Crippen LogP contribution < -0.4 is 0 Å². The van der Waals surface area contributed by atoms with Gasteiger partial charge in [0.25, 0.3) is 0 Å². The first-order valence-electron chi connectivity index (χ1n) is 4.54. The molecular weight excluding hydrogens is 120 g/mol. The second-order valence-corrected chi connectivity index (χ2v) is 5.26. The van der Waals surface area contributed by atoms with E-state index in [0.29, 0.717) is 10.8 Å². The highest BCUT2D eigenvalue weighted by Crippen LogP contribution is 2.63. The van der Waals surface area contributed by atoms with E-state index in [9.17, 15) is 0 Å². The lowest BCUT2D eigenvalue weighted by atomic mass is 9.66. The van der Waals surface area contributed by atoms with Gasteiger partial charge in [0.15, 0.2) is 0 Å². The molecule has 0 N–H and O–H groups in total. The number of rotatable bonds is 0. The van der Waals surface area contributed by atoms with Crippen molar-refractivity contribution < 1.29 is 0 Å². The first kappa shape index (κ1) is 6.69. The maximum atomic E-state index is 2.49. The van der Waals surface area contributed by atoms with Crippen LogP contribution in [0.3, 0.4) is 0 Å². The van der Waals surface area contributed by atoms with Crippen LogP contribution in [0, 0.1) is 16.7 Å². The Morgan fingerprint density at radius 1 is 1.10 bits per heavy atom. The second kappa shape index (κ2) is 1.60. The van der Waals surface area contributed by atoms with Crippen LogP contribution in [-0.2, 0) is 0 Å². The van der Waals surface area contributed by atoms with E-state index in [-0.39, 0.29) is 0 Å². The van der Waals surface area contributed by atoms with Gasteiger partial charge in [0.1, 0.15) is 0 Å². The molecule has 2 atom stereocenters. The predicted molar refractivity (Wildman–Crippen MR) is 43.8 cm³/mol. The fourth-order valence-corrected chi connectivity index (χ4v) is 3.12. The summed E-state index contributed by atoms with van der Waals surface area (Å²) in [6, 6.07) is 0. The Morgan fingerprint density at radius 2 is 1.80 bits per heavy atom. The average Bonchev–Trinajstić information content (AvgIpc) is 2.18. The largest absolute Gasteiger partial charge is 0.0594 e. The van der Waals surface area contributed by atoms with Gasteiger partial charge >= 0.3 is 0 Å². The molecule has 2 rings (SSSR count). The van der Waals surface area contributed by atoms with Gasteiger partial charge in [0.05, 0.1) is 0 Å². The summed E-state index contributed by atoms with van der Waals surface area (Å²) in [6.07, 6.45) is 6.01. The predicted octanol–water partition coefficient (Wildman–Crippen LogP) is 3.22. The lowest BCUT2D eigenvalue weighted by Crippen LogP contribution is -2.29. The summed E-state index contributed by atoms with van der Waals surface area (Å²) < 4.78 is 0. The fourth-order valence-electron chi connectivity index (χ4n) is 3.12. The van der Waals surface area contributed by atoms with E-state index in [1.807, 2.05) is 0 Å². The van der Waals surface area contributed by atoms with Crippen LogP contribution in [0.4, 0.5) is 0 Å². The minimum absolute atomic E-state index is 0.649. The van der Waals surface area contributed by atoms with Gasteiger partial charge in [-0.05, 0) is 42.4 Å². The van der Waals surface area contributed by atoms with Crippen LogP contribution in [0.1, 0.15) is 46.5 Å². The summed E-state index contributed by atoms with van der Waals surface area (Å²) >= 11 is 0. The van der Waals surface area contributed by atoms with Gasteiger partial charge in [-0.1, -0.05) is 20.8 Å². The van der Waals surface area contributed by atoms with Gasteiger partial charge in [-0.2, -0.15) is 0 Å². The molecule has 58 valence electrons. The molecule has 0 amide bonds. The van der Waals surface area contributed by atoms with Crippen molar-refractivity contribution >= 4 is 0 Å². The monoisotopic (exact) mass is 138 g/mol. The SMILES string of the molecule is CC1(C)CC2CCC1(C)C2. The molecule has 10 heavy (non-hydrogen) atoms. The first-order chi connectivity index (χ1) is 4.54. The van der Waals surface area contributed by atoms with Crippen LogP contribution in [0.2, 0.25) is 0 Å². The van der Waals surface area contributed by atoms with E-state index < -0.39 is 0 Å². The molecule has 0 radical (unpaired) electrons. The van der Waals surface area contributed by atoms with E-state index in [1.165, 1.54) is 25.7 Å². The van der Waals surface area contributed by atoms with Crippen LogP contribution >= 0.6 is 0 Å². The Morgan fingerprint density at radius 3 is 2.00 bits per heavy atom. The van der Waals surface area contributed by atoms with Crippen molar-refractivity contribution in [2.45, 2.75) is 46.5 Å². The van der Waals surface area contributed by atoms with Crippen LogP contribution in [-0.4, -0.2) is 0 Å². The van der Waals surface area contributed by atoms with Crippen molar-refractivity contribution in [3.63, 3.8) is 0 Å². The quantitative estimate of drug-likeness (QED) is 0.482. The van der Waals surface area contributed by atoms with Gasteiger partial charge < -0.3 is 0 Å². The molecule has 2 saturated carbocycles. The smallest absolute Gasteiger partial charge is 0.0272 e. The molecule has 0 saturated heterocycles. The third-order valence-electron chi connectivity index (χ3n) is 4.28. The number of fused-ring (bicyclic) bond motifs is 2. The van der Waals surface area contributed by atoms with Crippen LogP contribution in [0.15, 0.2) is 0 Å². The molecule has 0 aromatic rings. The molecule has 2 unspecified atom stereocenters. The van der Waals surface area contributed by atoms with E-state index in [2.05, 4.69) is 20.8 Å². The van der Waals surface area contributed by atoms with Gasteiger partial charge in [-0.15, -0.1) is 0 Å². The molecule has 0 nitrogen and oxygen atoms in total. The summed E-state index contributed by atoms with van der Waals surface area (Å²) in [6.45, 7) is 7.39.